The Balaban J connectivity index is 1.95. The molecule has 0 spiro atoms. The van der Waals surface area contributed by atoms with E-state index in [1.54, 1.807) is 0 Å². The van der Waals surface area contributed by atoms with Crippen molar-refractivity contribution >= 4 is 17.1 Å². The van der Waals surface area contributed by atoms with Crippen LogP contribution in [-0.4, -0.2) is 0 Å². The molecule has 128 valence electrons. The molecule has 0 bridgehead atoms. The summed E-state index contributed by atoms with van der Waals surface area (Å²) in [6.07, 6.45) is 6.01. The fraction of sp³-hybridized carbons (Fsp3) is 0. The second kappa shape index (κ2) is 7.64. The summed E-state index contributed by atoms with van der Waals surface area (Å²) in [6.45, 7) is 0. The molecule has 0 unspecified atom stereocenters. The van der Waals surface area contributed by atoms with Crippen LogP contribution in [0.25, 0.3) is 11.1 Å². The lowest BCUT2D eigenvalue weighted by Crippen LogP contribution is -2.11. The minimum atomic E-state index is 0.886. The molecule has 0 aliphatic rings. The van der Waals surface area contributed by atoms with E-state index in [0.29, 0.717) is 0 Å². The Hall–Kier alpha value is -3.76. The van der Waals surface area contributed by atoms with Gasteiger partial charge in [0.15, 0.2) is 0 Å². The summed E-state index contributed by atoms with van der Waals surface area (Å²) in [5.41, 5.74) is 6.21. The molecule has 4 aromatic carbocycles. The second-order valence-corrected chi connectivity index (χ2v) is 6.22. The summed E-state index contributed by atoms with van der Waals surface area (Å²) in [5.74, 6) is 2.94. The van der Waals surface area contributed by atoms with Crippen molar-refractivity contribution in [2.75, 3.05) is 4.90 Å². The van der Waals surface area contributed by atoms with Crippen LogP contribution in [0.15, 0.2) is 109 Å². The van der Waals surface area contributed by atoms with Crippen LogP contribution in [0, 0.1) is 12.3 Å². The van der Waals surface area contributed by atoms with Gasteiger partial charge in [0.25, 0.3) is 0 Å². The van der Waals surface area contributed by atoms with Crippen LogP contribution >= 0.6 is 0 Å². The normalized spacial score (nSPS) is 10.2. The van der Waals surface area contributed by atoms with Crippen molar-refractivity contribution in [1.29, 1.82) is 0 Å². The molecule has 0 atom stereocenters. The van der Waals surface area contributed by atoms with Crippen molar-refractivity contribution in [2.24, 2.45) is 0 Å². The van der Waals surface area contributed by atoms with E-state index in [1.807, 2.05) is 54.6 Å². The molecule has 0 saturated heterocycles. The third-order valence-electron chi connectivity index (χ3n) is 4.54. The molecule has 0 aliphatic carbocycles. The molecule has 1 nitrogen and oxygen atoms in total. The minimum Gasteiger partial charge on any atom is -0.309 e. The summed E-state index contributed by atoms with van der Waals surface area (Å²) in [5, 5.41) is 0. The van der Waals surface area contributed by atoms with Crippen molar-refractivity contribution in [3.63, 3.8) is 0 Å². The first kappa shape index (κ1) is 16.7. The zero-order valence-corrected chi connectivity index (χ0v) is 14.9. The lowest BCUT2D eigenvalue weighted by atomic mass is 9.97. The van der Waals surface area contributed by atoms with Crippen LogP contribution in [0.2, 0.25) is 0 Å². The molecular formula is C26H19N. The van der Waals surface area contributed by atoms with Crippen LogP contribution in [0.1, 0.15) is 5.56 Å². The third kappa shape index (κ3) is 3.34. The molecular weight excluding hydrogens is 326 g/mol. The maximum atomic E-state index is 6.01. The molecule has 0 N–H and O–H groups in total. The SMILES string of the molecule is C#Cc1c(-c2ccccc2)cccc1N(c1ccccc1)c1ccccc1. The maximum absolute atomic E-state index is 6.01. The van der Waals surface area contributed by atoms with Crippen molar-refractivity contribution in [3.8, 4) is 23.5 Å². The van der Waals surface area contributed by atoms with E-state index in [-0.39, 0.29) is 0 Å². The van der Waals surface area contributed by atoms with Gasteiger partial charge in [-0.05, 0) is 41.5 Å². The summed E-state index contributed by atoms with van der Waals surface area (Å²) in [4.78, 5) is 2.21. The predicted molar refractivity (Wildman–Crippen MR) is 114 cm³/mol. The molecule has 0 heterocycles. The average molecular weight is 345 g/mol. The molecule has 0 radical (unpaired) electrons. The van der Waals surface area contributed by atoms with E-state index >= 15 is 0 Å². The van der Waals surface area contributed by atoms with Gasteiger partial charge in [-0.3, -0.25) is 0 Å². The van der Waals surface area contributed by atoms with E-state index in [2.05, 4.69) is 65.4 Å². The highest BCUT2D eigenvalue weighted by atomic mass is 15.1. The average Bonchev–Trinajstić information content (AvgIpc) is 2.76. The maximum Gasteiger partial charge on any atom is 0.0624 e. The van der Waals surface area contributed by atoms with E-state index < -0.39 is 0 Å². The molecule has 4 aromatic rings. The number of nitrogens with zero attached hydrogens (tertiary/aromatic N) is 1. The monoisotopic (exact) mass is 345 g/mol. The summed E-state index contributed by atoms with van der Waals surface area (Å²) < 4.78 is 0. The van der Waals surface area contributed by atoms with Crippen molar-refractivity contribution in [3.05, 3.63) is 115 Å². The lowest BCUT2D eigenvalue weighted by molar-refractivity contribution is 1.27. The van der Waals surface area contributed by atoms with Gasteiger partial charge in [-0.15, -0.1) is 6.42 Å². The topological polar surface area (TPSA) is 3.24 Å². The minimum absolute atomic E-state index is 0.886. The van der Waals surface area contributed by atoms with Crippen molar-refractivity contribution < 1.29 is 0 Å². The Morgan fingerprint density at radius 1 is 0.556 bits per heavy atom. The van der Waals surface area contributed by atoms with Crippen LogP contribution in [-0.2, 0) is 0 Å². The highest BCUT2D eigenvalue weighted by molar-refractivity contribution is 5.86. The van der Waals surface area contributed by atoms with E-state index in [0.717, 1.165) is 33.8 Å². The van der Waals surface area contributed by atoms with Crippen LogP contribution in [0.4, 0.5) is 17.1 Å². The number of hydrogen-bond acceptors (Lipinski definition) is 1. The van der Waals surface area contributed by atoms with E-state index in [9.17, 15) is 0 Å². The largest absolute Gasteiger partial charge is 0.309 e. The molecule has 0 aromatic heterocycles. The van der Waals surface area contributed by atoms with Crippen LogP contribution in [0.5, 0.6) is 0 Å². The zero-order chi connectivity index (χ0) is 18.5. The fourth-order valence-electron chi connectivity index (χ4n) is 3.32. The molecule has 0 aliphatic heterocycles. The Morgan fingerprint density at radius 3 is 1.59 bits per heavy atom. The Labute approximate surface area is 160 Å². The number of anilines is 3. The first-order valence-electron chi connectivity index (χ1n) is 8.94. The second-order valence-electron chi connectivity index (χ2n) is 6.22. The standard InChI is InChI=1S/C26H19N/c1-2-24-25(21-13-6-3-7-14-21)19-12-20-26(24)27(22-15-8-4-9-16-22)23-17-10-5-11-18-23/h1,3-20H. The van der Waals surface area contributed by atoms with Crippen LogP contribution < -0.4 is 4.90 Å². The molecule has 0 fully saturated rings. The number of terminal acetylenes is 1. The van der Waals surface area contributed by atoms with Crippen LogP contribution in [0.3, 0.4) is 0 Å². The molecule has 1 heteroatoms. The smallest absolute Gasteiger partial charge is 0.0624 e. The van der Waals surface area contributed by atoms with Gasteiger partial charge in [-0.25, -0.2) is 0 Å². The van der Waals surface area contributed by atoms with Gasteiger partial charge in [0.05, 0.1) is 11.3 Å². The van der Waals surface area contributed by atoms with Gasteiger partial charge >= 0.3 is 0 Å². The van der Waals surface area contributed by atoms with Gasteiger partial charge in [0.1, 0.15) is 0 Å². The summed E-state index contributed by atoms with van der Waals surface area (Å²) >= 11 is 0. The van der Waals surface area contributed by atoms with Gasteiger partial charge in [-0.2, -0.15) is 0 Å². The first-order chi connectivity index (χ1) is 13.4. The van der Waals surface area contributed by atoms with E-state index in [4.69, 9.17) is 6.42 Å². The molecule has 0 amide bonds. The quantitative estimate of drug-likeness (QED) is 0.367. The Morgan fingerprint density at radius 2 is 1.07 bits per heavy atom. The van der Waals surface area contributed by atoms with Gasteiger partial charge in [0.2, 0.25) is 0 Å². The Kier molecular flexibility index (Phi) is 4.72. The summed E-state index contributed by atoms with van der Waals surface area (Å²) in [6, 6.07) is 37.1. The zero-order valence-electron chi connectivity index (χ0n) is 14.9. The number of para-hydroxylation sites is 2. The van der Waals surface area contributed by atoms with Gasteiger partial charge < -0.3 is 4.90 Å². The molecule has 27 heavy (non-hydrogen) atoms. The van der Waals surface area contributed by atoms with Gasteiger partial charge in [0, 0.05) is 11.4 Å². The number of benzene rings is 4. The number of hydrogen-bond donors (Lipinski definition) is 0. The highest BCUT2D eigenvalue weighted by Crippen LogP contribution is 2.39. The lowest BCUT2D eigenvalue weighted by Gasteiger charge is -2.27. The van der Waals surface area contributed by atoms with Crippen molar-refractivity contribution in [2.45, 2.75) is 0 Å². The predicted octanol–water partition coefficient (Wildman–Crippen LogP) is 6.80. The molecule has 0 saturated carbocycles. The summed E-state index contributed by atoms with van der Waals surface area (Å²) in [7, 11) is 0. The highest BCUT2D eigenvalue weighted by Gasteiger charge is 2.17. The van der Waals surface area contributed by atoms with Crippen molar-refractivity contribution in [1.82, 2.24) is 0 Å². The molecule has 4 rings (SSSR count). The third-order valence-corrected chi connectivity index (χ3v) is 4.54. The number of rotatable bonds is 4. The Bertz CT molecular complexity index is 1020. The van der Waals surface area contributed by atoms with E-state index in [1.165, 1.54) is 0 Å². The fourth-order valence-corrected chi connectivity index (χ4v) is 3.32. The first-order valence-corrected chi connectivity index (χ1v) is 8.94. The van der Waals surface area contributed by atoms with Gasteiger partial charge in [-0.1, -0.05) is 84.8 Å².